The normalized spacial score (nSPS) is 17.9. The Morgan fingerprint density at radius 3 is 3.00 bits per heavy atom. The van der Waals surface area contributed by atoms with Crippen LogP contribution in [0.3, 0.4) is 0 Å². The van der Waals surface area contributed by atoms with Gasteiger partial charge in [0, 0.05) is 24.8 Å². The molecule has 0 radical (unpaired) electrons. The second kappa shape index (κ2) is 11.0. The molecule has 1 aliphatic rings. The van der Waals surface area contributed by atoms with Crippen LogP contribution >= 0.6 is 35.7 Å². The molecule has 22 heavy (non-hydrogen) atoms. The molecule has 1 saturated heterocycles. The fraction of sp³-hybridized carbons (Fsp3) is 0.562. The summed E-state index contributed by atoms with van der Waals surface area (Å²) in [7, 11) is 0. The van der Waals surface area contributed by atoms with Gasteiger partial charge in [-0.25, -0.2) is 4.99 Å². The Bertz CT molecular complexity index is 456. The van der Waals surface area contributed by atoms with Gasteiger partial charge in [-0.3, -0.25) is 0 Å². The summed E-state index contributed by atoms with van der Waals surface area (Å²) in [6.07, 6.45) is 5.21. The molecule has 124 valence electrons. The average molecular weight is 435 g/mol. The van der Waals surface area contributed by atoms with Crippen LogP contribution in [0.15, 0.2) is 40.0 Å². The van der Waals surface area contributed by atoms with Crippen molar-refractivity contribution < 1.29 is 4.42 Å². The maximum Gasteiger partial charge on any atom is 0.191 e. The van der Waals surface area contributed by atoms with E-state index in [1.807, 2.05) is 19.1 Å². The van der Waals surface area contributed by atoms with Crippen LogP contribution in [0, 0.1) is 0 Å². The highest BCUT2D eigenvalue weighted by atomic mass is 127. The molecule has 1 aromatic heterocycles. The van der Waals surface area contributed by atoms with Gasteiger partial charge in [-0.2, -0.15) is 11.8 Å². The van der Waals surface area contributed by atoms with Gasteiger partial charge in [-0.1, -0.05) is 12.2 Å². The highest BCUT2D eigenvalue weighted by Crippen LogP contribution is 2.25. The van der Waals surface area contributed by atoms with Crippen LogP contribution in [-0.2, 0) is 6.42 Å². The molecule has 1 atom stereocenters. The zero-order valence-electron chi connectivity index (χ0n) is 13.1. The number of rotatable bonds is 7. The molecule has 2 N–H and O–H groups in total. The largest absolute Gasteiger partial charge is 0.469 e. The number of hydrogen-bond donors (Lipinski definition) is 2. The van der Waals surface area contributed by atoms with Crippen LogP contribution in [0.4, 0.5) is 0 Å². The quantitative estimate of drug-likeness (QED) is 0.298. The molecule has 4 nitrogen and oxygen atoms in total. The highest BCUT2D eigenvalue weighted by Gasteiger charge is 2.15. The van der Waals surface area contributed by atoms with E-state index < -0.39 is 0 Å². The smallest absolute Gasteiger partial charge is 0.191 e. The van der Waals surface area contributed by atoms with E-state index in [0.717, 1.165) is 36.8 Å². The van der Waals surface area contributed by atoms with E-state index in [2.05, 4.69) is 34.0 Å². The molecule has 0 amide bonds. The first-order valence-electron chi connectivity index (χ1n) is 7.54. The molecule has 0 aromatic carbocycles. The van der Waals surface area contributed by atoms with E-state index >= 15 is 0 Å². The predicted octanol–water partition coefficient (Wildman–Crippen LogP) is 3.45. The topological polar surface area (TPSA) is 49.6 Å². The fourth-order valence-corrected chi connectivity index (χ4v) is 3.36. The van der Waals surface area contributed by atoms with Crippen molar-refractivity contribution in [2.24, 2.45) is 4.99 Å². The van der Waals surface area contributed by atoms with Crippen molar-refractivity contribution in [1.29, 1.82) is 0 Å². The number of thioether (sulfide) groups is 1. The lowest BCUT2D eigenvalue weighted by atomic mass is 10.2. The number of nitrogens with zero attached hydrogens (tertiary/aromatic N) is 1. The average Bonchev–Trinajstić information content (AvgIpc) is 3.14. The molecule has 0 spiro atoms. The first-order chi connectivity index (χ1) is 10.2. The third-order valence-electron chi connectivity index (χ3n) is 3.27. The van der Waals surface area contributed by atoms with Crippen molar-refractivity contribution in [3.8, 4) is 0 Å². The van der Waals surface area contributed by atoms with Gasteiger partial charge in [0.2, 0.25) is 0 Å². The predicted molar refractivity (Wildman–Crippen MR) is 106 cm³/mol. The Kier molecular flexibility index (Phi) is 9.70. The van der Waals surface area contributed by atoms with Crippen molar-refractivity contribution in [2.45, 2.75) is 31.4 Å². The van der Waals surface area contributed by atoms with Crippen LogP contribution in [0.5, 0.6) is 0 Å². The molecule has 2 heterocycles. The maximum absolute atomic E-state index is 5.34. The van der Waals surface area contributed by atoms with Gasteiger partial charge in [0.25, 0.3) is 0 Å². The van der Waals surface area contributed by atoms with Crippen molar-refractivity contribution >= 4 is 41.7 Å². The van der Waals surface area contributed by atoms with Crippen molar-refractivity contribution in [3.05, 3.63) is 36.3 Å². The third-order valence-corrected chi connectivity index (χ3v) is 4.67. The second-order valence-electron chi connectivity index (χ2n) is 5.39. The van der Waals surface area contributed by atoms with Crippen molar-refractivity contribution in [2.75, 3.05) is 25.4 Å². The van der Waals surface area contributed by atoms with Crippen LogP contribution in [0.1, 0.15) is 25.5 Å². The highest BCUT2D eigenvalue weighted by molar-refractivity contribution is 14.0. The minimum absolute atomic E-state index is 0. The first-order valence-corrected chi connectivity index (χ1v) is 8.59. The van der Waals surface area contributed by atoms with Crippen molar-refractivity contribution in [3.63, 3.8) is 0 Å². The Hall–Kier alpha value is -0.630. The van der Waals surface area contributed by atoms with Gasteiger partial charge in [-0.15, -0.1) is 24.0 Å². The van der Waals surface area contributed by atoms with Gasteiger partial charge in [0.15, 0.2) is 5.96 Å². The Morgan fingerprint density at radius 2 is 2.36 bits per heavy atom. The number of nitrogens with one attached hydrogen (secondary N) is 2. The number of halogens is 1. The van der Waals surface area contributed by atoms with E-state index in [1.165, 1.54) is 18.6 Å². The molecule has 6 heteroatoms. The minimum Gasteiger partial charge on any atom is -0.469 e. The number of hydrogen-bond acceptors (Lipinski definition) is 3. The molecule has 0 saturated carbocycles. The molecule has 2 rings (SSSR count). The molecule has 0 aliphatic carbocycles. The molecule has 1 aliphatic heterocycles. The van der Waals surface area contributed by atoms with Gasteiger partial charge in [0.1, 0.15) is 5.76 Å². The first kappa shape index (κ1) is 19.4. The molecular weight excluding hydrogens is 409 g/mol. The monoisotopic (exact) mass is 435 g/mol. The molecule has 1 fully saturated rings. The number of aliphatic imine (C=N–C) groups is 1. The lowest BCUT2D eigenvalue weighted by molar-refractivity contribution is 0.506. The summed E-state index contributed by atoms with van der Waals surface area (Å²) in [5.74, 6) is 3.15. The summed E-state index contributed by atoms with van der Waals surface area (Å²) < 4.78 is 5.34. The number of guanidine groups is 1. The standard InChI is InChI=1S/C16H25N3OS.HI/c1-13(2)11-18-16(19-12-15-6-4-10-21-15)17-8-7-14-5-3-9-20-14;/h3,5,9,15H,1,4,6-8,10-12H2,2H3,(H2,17,18,19);1H. The number of furan rings is 1. The van der Waals surface area contributed by atoms with E-state index in [1.54, 1.807) is 6.26 Å². The van der Waals surface area contributed by atoms with E-state index in [9.17, 15) is 0 Å². The zero-order chi connectivity index (χ0) is 14.9. The lowest BCUT2D eigenvalue weighted by Gasteiger charge is -2.15. The summed E-state index contributed by atoms with van der Waals surface area (Å²) in [5.41, 5.74) is 1.07. The van der Waals surface area contributed by atoms with Crippen LogP contribution in [-0.4, -0.2) is 36.6 Å². The van der Waals surface area contributed by atoms with E-state index in [-0.39, 0.29) is 24.0 Å². The fourth-order valence-electron chi connectivity index (χ4n) is 2.16. The SMILES string of the molecule is C=C(C)CN=C(NCCc1ccco1)NCC1CCCS1.I. The van der Waals surface area contributed by atoms with Gasteiger partial charge in [-0.05, 0) is 37.7 Å². The Morgan fingerprint density at radius 1 is 1.50 bits per heavy atom. The summed E-state index contributed by atoms with van der Waals surface area (Å²) >= 11 is 2.05. The lowest BCUT2D eigenvalue weighted by Crippen LogP contribution is -2.41. The van der Waals surface area contributed by atoms with Gasteiger partial charge >= 0.3 is 0 Å². The molecular formula is C16H26IN3OS. The summed E-state index contributed by atoms with van der Waals surface area (Å²) in [6.45, 7) is 8.35. The van der Waals surface area contributed by atoms with Crippen molar-refractivity contribution in [1.82, 2.24) is 10.6 Å². The Balaban J connectivity index is 0.00000242. The van der Waals surface area contributed by atoms with Crippen LogP contribution in [0.2, 0.25) is 0 Å². The maximum atomic E-state index is 5.34. The second-order valence-corrected chi connectivity index (χ2v) is 6.80. The zero-order valence-corrected chi connectivity index (χ0v) is 16.3. The summed E-state index contributed by atoms with van der Waals surface area (Å²) in [6, 6.07) is 3.91. The van der Waals surface area contributed by atoms with Gasteiger partial charge < -0.3 is 15.1 Å². The third kappa shape index (κ3) is 7.58. The van der Waals surface area contributed by atoms with Gasteiger partial charge in [0.05, 0.1) is 12.8 Å². The molecule has 0 bridgehead atoms. The minimum atomic E-state index is 0. The van der Waals surface area contributed by atoms with Crippen LogP contribution < -0.4 is 10.6 Å². The summed E-state index contributed by atoms with van der Waals surface area (Å²) in [5, 5.41) is 7.52. The van der Waals surface area contributed by atoms with Crippen LogP contribution in [0.25, 0.3) is 0 Å². The van der Waals surface area contributed by atoms with E-state index in [4.69, 9.17) is 4.42 Å². The Labute approximate surface area is 154 Å². The molecule has 1 aromatic rings. The van der Waals surface area contributed by atoms with E-state index in [0.29, 0.717) is 11.8 Å². The molecule has 1 unspecified atom stereocenters. The summed E-state index contributed by atoms with van der Waals surface area (Å²) in [4.78, 5) is 4.56.